The Balaban J connectivity index is 2.60. The average molecular weight is 253 g/mol. The molecule has 1 aromatic rings. The topological polar surface area (TPSA) is 50.9 Å². The van der Waals surface area contributed by atoms with Crippen LogP contribution in [0, 0.1) is 11.3 Å². The minimum absolute atomic E-state index is 0.229. The summed E-state index contributed by atoms with van der Waals surface area (Å²) in [7, 11) is 0. The maximum atomic E-state index is 10.2. The molecule has 0 aromatic carbocycles. The van der Waals surface area contributed by atoms with E-state index in [0.29, 0.717) is 12.3 Å². The number of hydrogen-bond acceptors (Lipinski definition) is 3. The molecule has 1 rings (SSSR count). The van der Waals surface area contributed by atoms with Gasteiger partial charge < -0.3 is 5.11 Å². The van der Waals surface area contributed by atoms with Crippen molar-refractivity contribution in [2.75, 3.05) is 0 Å². The molecule has 1 aromatic heterocycles. The Morgan fingerprint density at radius 1 is 1.28 bits per heavy atom. The monoisotopic (exact) mass is 253 g/mol. The van der Waals surface area contributed by atoms with Crippen LogP contribution < -0.4 is 0 Å². The molecule has 2 unspecified atom stereocenters. The highest BCUT2D eigenvalue weighted by atomic mass is 16.3. The average Bonchev–Trinajstić information content (AvgIpc) is 2.63. The molecule has 2 atom stereocenters. The van der Waals surface area contributed by atoms with Gasteiger partial charge in [0.05, 0.1) is 6.10 Å². The molecule has 0 saturated heterocycles. The van der Waals surface area contributed by atoms with E-state index in [1.807, 2.05) is 4.68 Å². The summed E-state index contributed by atoms with van der Waals surface area (Å²) in [4.78, 5) is 4.24. The van der Waals surface area contributed by atoms with Gasteiger partial charge in [-0.25, -0.2) is 9.67 Å². The van der Waals surface area contributed by atoms with Gasteiger partial charge in [-0.05, 0) is 31.6 Å². The van der Waals surface area contributed by atoms with Crippen molar-refractivity contribution in [3.05, 3.63) is 12.2 Å². The Labute approximate surface area is 110 Å². The van der Waals surface area contributed by atoms with Crippen LogP contribution >= 0.6 is 0 Å². The van der Waals surface area contributed by atoms with Gasteiger partial charge in [-0.1, -0.05) is 27.7 Å². The quantitative estimate of drug-likeness (QED) is 0.878. The summed E-state index contributed by atoms with van der Waals surface area (Å²) in [6.45, 7) is 13.0. The van der Waals surface area contributed by atoms with Gasteiger partial charge >= 0.3 is 0 Å². The minimum atomic E-state index is -0.346. The van der Waals surface area contributed by atoms with Crippen molar-refractivity contribution in [2.45, 2.75) is 66.5 Å². The van der Waals surface area contributed by atoms with Gasteiger partial charge in [-0.15, -0.1) is 0 Å². The molecule has 1 heterocycles. The molecule has 0 aliphatic heterocycles. The smallest absolute Gasteiger partial charge is 0.138 e. The lowest BCUT2D eigenvalue weighted by atomic mass is 9.78. The summed E-state index contributed by atoms with van der Waals surface area (Å²) < 4.78 is 1.88. The first kappa shape index (κ1) is 15.2. The lowest BCUT2D eigenvalue weighted by Crippen LogP contribution is -2.25. The van der Waals surface area contributed by atoms with Gasteiger partial charge in [0.2, 0.25) is 0 Å². The van der Waals surface area contributed by atoms with Gasteiger partial charge in [-0.3, -0.25) is 0 Å². The number of hydrogen-bond donors (Lipinski definition) is 1. The zero-order valence-electron chi connectivity index (χ0n) is 12.5. The Morgan fingerprint density at radius 3 is 2.39 bits per heavy atom. The largest absolute Gasteiger partial charge is 0.393 e. The fourth-order valence-electron chi connectivity index (χ4n) is 1.91. The molecule has 0 fully saturated rings. The summed E-state index contributed by atoms with van der Waals surface area (Å²) >= 11 is 0. The van der Waals surface area contributed by atoms with Crippen molar-refractivity contribution in [3.63, 3.8) is 0 Å². The van der Waals surface area contributed by atoms with E-state index in [9.17, 15) is 5.11 Å². The van der Waals surface area contributed by atoms with Crippen LogP contribution in [0.25, 0.3) is 0 Å². The molecular weight excluding hydrogens is 226 g/mol. The van der Waals surface area contributed by atoms with E-state index in [4.69, 9.17) is 0 Å². The van der Waals surface area contributed by atoms with Crippen LogP contribution in [0.15, 0.2) is 6.33 Å². The van der Waals surface area contributed by atoms with Crippen molar-refractivity contribution >= 4 is 0 Å². The van der Waals surface area contributed by atoms with E-state index >= 15 is 0 Å². The molecule has 0 saturated carbocycles. The maximum absolute atomic E-state index is 10.2. The van der Waals surface area contributed by atoms with E-state index in [0.717, 1.165) is 12.2 Å². The third kappa shape index (κ3) is 4.09. The van der Waals surface area contributed by atoms with E-state index in [-0.39, 0.29) is 17.6 Å². The fraction of sp³-hybridized carbons (Fsp3) is 0.857. The van der Waals surface area contributed by atoms with Crippen molar-refractivity contribution in [3.8, 4) is 0 Å². The summed E-state index contributed by atoms with van der Waals surface area (Å²) in [5.41, 5.74) is 0.229. The van der Waals surface area contributed by atoms with E-state index in [1.54, 1.807) is 6.33 Å². The Kier molecular flexibility index (Phi) is 4.91. The SMILES string of the molecule is CC(C)n1ncnc1CC(O)CC(C)C(C)(C)C. The predicted molar refractivity (Wildman–Crippen MR) is 73.4 cm³/mol. The van der Waals surface area contributed by atoms with E-state index < -0.39 is 0 Å². The van der Waals surface area contributed by atoms with Crippen LogP contribution in [0.1, 0.15) is 59.8 Å². The van der Waals surface area contributed by atoms with Gasteiger partial charge in [0.25, 0.3) is 0 Å². The second-order valence-electron chi connectivity index (χ2n) is 6.58. The molecule has 0 radical (unpaired) electrons. The highest BCUT2D eigenvalue weighted by molar-refractivity contribution is 4.90. The summed E-state index contributed by atoms with van der Waals surface area (Å²) in [5.74, 6) is 1.35. The second-order valence-corrected chi connectivity index (χ2v) is 6.58. The number of nitrogens with zero attached hydrogens (tertiary/aromatic N) is 3. The van der Waals surface area contributed by atoms with Gasteiger partial charge in [0.15, 0.2) is 0 Å². The molecular formula is C14H27N3O. The van der Waals surface area contributed by atoms with Crippen LogP contribution in [0.2, 0.25) is 0 Å². The van der Waals surface area contributed by atoms with Crippen LogP contribution in [0.3, 0.4) is 0 Å². The standard InChI is InChI=1S/C14H27N3O/c1-10(2)17-13(15-9-16-17)8-12(18)7-11(3)14(4,5)6/h9-12,18H,7-8H2,1-6H3. The van der Waals surface area contributed by atoms with E-state index in [2.05, 4.69) is 51.6 Å². The van der Waals surface area contributed by atoms with Crippen LogP contribution in [-0.2, 0) is 6.42 Å². The van der Waals surface area contributed by atoms with Gasteiger partial charge in [0.1, 0.15) is 12.2 Å². The fourth-order valence-corrected chi connectivity index (χ4v) is 1.91. The summed E-state index contributed by atoms with van der Waals surface area (Å²) in [5, 5.41) is 14.4. The lowest BCUT2D eigenvalue weighted by Gasteiger charge is -2.29. The summed E-state index contributed by atoms with van der Waals surface area (Å²) in [6.07, 6.45) is 2.60. The molecule has 0 aliphatic rings. The highest BCUT2D eigenvalue weighted by Gasteiger charge is 2.23. The van der Waals surface area contributed by atoms with Crippen LogP contribution in [0.4, 0.5) is 0 Å². The van der Waals surface area contributed by atoms with Crippen LogP contribution in [0.5, 0.6) is 0 Å². The third-order valence-electron chi connectivity index (χ3n) is 3.66. The number of rotatable bonds is 5. The van der Waals surface area contributed by atoms with Gasteiger partial charge in [-0.2, -0.15) is 5.10 Å². The van der Waals surface area contributed by atoms with Crippen molar-refractivity contribution in [2.24, 2.45) is 11.3 Å². The molecule has 1 N–H and O–H groups in total. The van der Waals surface area contributed by atoms with Crippen molar-refractivity contribution in [1.82, 2.24) is 14.8 Å². The first-order valence-electron chi connectivity index (χ1n) is 6.78. The first-order valence-corrected chi connectivity index (χ1v) is 6.78. The highest BCUT2D eigenvalue weighted by Crippen LogP contribution is 2.29. The normalized spacial score (nSPS) is 16.0. The molecule has 4 nitrogen and oxygen atoms in total. The predicted octanol–water partition coefficient (Wildman–Crippen LogP) is 2.83. The summed E-state index contributed by atoms with van der Waals surface area (Å²) in [6, 6.07) is 0.287. The maximum Gasteiger partial charge on any atom is 0.138 e. The molecule has 4 heteroatoms. The van der Waals surface area contributed by atoms with E-state index in [1.165, 1.54) is 0 Å². The first-order chi connectivity index (χ1) is 8.21. The Morgan fingerprint density at radius 2 is 1.89 bits per heavy atom. The number of aliphatic hydroxyl groups excluding tert-OH is 1. The second kappa shape index (κ2) is 5.83. The minimum Gasteiger partial charge on any atom is -0.393 e. The zero-order chi connectivity index (χ0) is 13.9. The molecule has 18 heavy (non-hydrogen) atoms. The number of aromatic nitrogens is 3. The third-order valence-corrected chi connectivity index (χ3v) is 3.66. The van der Waals surface area contributed by atoms with Crippen molar-refractivity contribution < 1.29 is 5.11 Å². The molecule has 0 amide bonds. The molecule has 0 bridgehead atoms. The molecule has 104 valence electrons. The molecule has 0 spiro atoms. The Bertz CT molecular complexity index is 365. The lowest BCUT2D eigenvalue weighted by molar-refractivity contribution is 0.107. The van der Waals surface area contributed by atoms with Gasteiger partial charge in [0, 0.05) is 12.5 Å². The Hall–Kier alpha value is -0.900. The van der Waals surface area contributed by atoms with Crippen LogP contribution in [-0.4, -0.2) is 26.0 Å². The molecule has 0 aliphatic carbocycles. The number of aliphatic hydroxyl groups is 1. The zero-order valence-corrected chi connectivity index (χ0v) is 12.5. The van der Waals surface area contributed by atoms with Crippen molar-refractivity contribution in [1.29, 1.82) is 0 Å².